The Morgan fingerprint density at radius 2 is 1.96 bits per heavy atom. The molecule has 1 N–H and O–H groups in total. The van der Waals surface area contributed by atoms with Gasteiger partial charge in [-0.15, -0.1) is 0 Å². The van der Waals surface area contributed by atoms with Crippen LogP contribution in [0.5, 0.6) is 0 Å². The van der Waals surface area contributed by atoms with E-state index in [1.165, 1.54) is 12.1 Å². The van der Waals surface area contributed by atoms with Gasteiger partial charge in [-0.05, 0) is 55.7 Å². The molecule has 0 radical (unpaired) electrons. The first-order valence-electron chi connectivity index (χ1n) is 9.27. The fourth-order valence-corrected chi connectivity index (χ4v) is 4.16. The quantitative estimate of drug-likeness (QED) is 0.857. The first-order chi connectivity index (χ1) is 12.1. The lowest BCUT2D eigenvalue weighted by molar-refractivity contribution is -0.151. The first-order valence-corrected chi connectivity index (χ1v) is 9.27. The van der Waals surface area contributed by atoms with Gasteiger partial charge >= 0.3 is 0 Å². The van der Waals surface area contributed by atoms with Gasteiger partial charge in [-0.25, -0.2) is 4.39 Å². The number of nitrogens with zero attached hydrogens (tertiary/aromatic N) is 1. The lowest BCUT2D eigenvalue weighted by Crippen LogP contribution is -2.51. The minimum absolute atomic E-state index is 0.117. The summed E-state index contributed by atoms with van der Waals surface area (Å²) < 4.78 is 18.2. The van der Waals surface area contributed by atoms with Crippen LogP contribution in [0.1, 0.15) is 50.2 Å². The fourth-order valence-electron chi connectivity index (χ4n) is 4.16. The van der Waals surface area contributed by atoms with Crippen molar-refractivity contribution in [1.29, 1.82) is 0 Å². The molecule has 138 valence electrons. The molecule has 5 heteroatoms. The van der Waals surface area contributed by atoms with Crippen LogP contribution in [0.25, 0.3) is 0 Å². The number of carbonyl (C=O) groups is 1. The number of benzene rings is 1. The zero-order valence-electron chi connectivity index (χ0n) is 14.9. The maximum Gasteiger partial charge on any atom is 0.228 e. The van der Waals surface area contributed by atoms with Gasteiger partial charge in [-0.3, -0.25) is 4.79 Å². The molecule has 1 aromatic carbocycles. The minimum Gasteiger partial charge on any atom is -0.388 e. The van der Waals surface area contributed by atoms with Crippen molar-refractivity contribution in [3.05, 3.63) is 35.6 Å². The van der Waals surface area contributed by atoms with Crippen LogP contribution in [-0.2, 0) is 9.53 Å². The van der Waals surface area contributed by atoms with Crippen LogP contribution < -0.4 is 0 Å². The van der Waals surface area contributed by atoms with Crippen molar-refractivity contribution in [2.45, 2.75) is 44.6 Å². The van der Waals surface area contributed by atoms with E-state index in [4.69, 9.17) is 4.74 Å². The highest BCUT2D eigenvalue weighted by Gasteiger charge is 2.46. The van der Waals surface area contributed by atoms with E-state index in [-0.39, 0.29) is 23.1 Å². The van der Waals surface area contributed by atoms with Crippen molar-refractivity contribution >= 4 is 5.91 Å². The van der Waals surface area contributed by atoms with Crippen molar-refractivity contribution in [2.24, 2.45) is 11.3 Å². The number of hydrogen-bond acceptors (Lipinski definition) is 3. The third-order valence-electron chi connectivity index (χ3n) is 6.03. The second-order valence-electron chi connectivity index (χ2n) is 7.50. The summed E-state index contributed by atoms with van der Waals surface area (Å²) in [6.45, 7) is 2.01. The molecule has 2 aliphatic rings. The Labute approximate surface area is 149 Å². The van der Waals surface area contributed by atoms with E-state index in [0.717, 1.165) is 44.1 Å². The molecule has 3 rings (SSSR count). The number of methoxy groups -OCH3 is 1. The summed E-state index contributed by atoms with van der Waals surface area (Å²) in [7, 11) is 1.68. The summed E-state index contributed by atoms with van der Waals surface area (Å²) in [5, 5.41) is 10.6. The number of hydrogen-bond donors (Lipinski definition) is 1. The SMILES string of the molecule is COCCC1(C(=O)N2CCC(C(O)c3ccc(F)cc3)CC2)CCC1. The maximum atomic E-state index is 13.0. The van der Waals surface area contributed by atoms with Gasteiger partial charge in [0, 0.05) is 26.8 Å². The molecular formula is C20H28FNO3. The summed E-state index contributed by atoms with van der Waals surface area (Å²) in [6, 6.07) is 6.05. The molecule has 1 unspecified atom stereocenters. The summed E-state index contributed by atoms with van der Waals surface area (Å²) in [5.74, 6) is 0.0922. The Hall–Kier alpha value is -1.46. The van der Waals surface area contributed by atoms with E-state index in [2.05, 4.69) is 0 Å². The smallest absolute Gasteiger partial charge is 0.228 e. The highest BCUT2D eigenvalue weighted by atomic mass is 19.1. The zero-order valence-corrected chi connectivity index (χ0v) is 14.9. The second-order valence-corrected chi connectivity index (χ2v) is 7.50. The van der Waals surface area contributed by atoms with E-state index >= 15 is 0 Å². The third-order valence-corrected chi connectivity index (χ3v) is 6.03. The van der Waals surface area contributed by atoms with E-state index in [9.17, 15) is 14.3 Å². The highest BCUT2D eigenvalue weighted by molar-refractivity contribution is 5.83. The van der Waals surface area contributed by atoms with Crippen LogP contribution in [0.15, 0.2) is 24.3 Å². The third kappa shape index (κ3) is 3.87. The number of ether oxygens (including phenoxy) is 1. The number of likely N-dealkylation sites (tertiary alicyclic amines) is 1. The van der Waals surface area contributed by atoms with Crippen LogP contribution in [0.3, 0.4) is 0 Å². The Kier molecular flexibility index (Phi) is 5.74. The normalized spacial score (nSPS) is 21.6. The molecule has 1 aliphatic carbocycles. The summed E-state index contributed by atoms with van der Waals surface area (Å²) in [4.78, 5) is 14.9. The maximum absolute atomic E-state index is 13.0. The van der Waals surface area contributed by atoms with Crippen LogP contribution in [-0.4, -0.2) is 42.7 Å². The largest absolute Gasteiger partial charge is 0.388 e. The van der Waals surface area contributed by atoms with Gasteiger partial charge in [-0.2, -0.15) is 0 Å². The molecule has 4 nitrogen and oxygen atoms in total. The Bertz CT molecular complexity index is 577. The zero-order chi connectivity index (χ0) is 17.9. The van der Waals surface area contributed by atoms with E-state index in [1.807, 2.05) is 4.90 Å². The summed E-state index contributed by atoms with van der Waals surface area (Å²) in [6.07, 6.45) is 4.83. The molecular weight excluding hydrogens is 321 g/mol. The van der Waals surface area contributed by atoms with Gasteiger partial charge in [0.2, 0.25) is 5.91 Å². The summed E-state index contributed by atoms with van der Waals surface area (Å²) >= 11 is 0. The highest BCUT2D eigenvalue weighted by Crippen LogP contribution is 2.46. The molecule has 1 aliphatic heterocycles. The molecule has 0 spiro atoms. The summed E-state index contributed by atoms with van der Waals surface area (Å²) in [5.41, 5.74) is 0.542. The molecule has 1 amide bonds. The van der Waals surface area contributed by atoms with E-state index in [0.29, 0.717) is 19.7 Å². The Balaban J connectivity index is 1.56. The van der Waals surface area contributed by atoms with Gasteiger partial charge in [0.25, 0.3) is 0 Å². The average molecular weight is 349 g/mol. The van der Waals surface area contributed by atoms with Gasteiger partial charge in [0.05, 0.1) is 11.5 Å². The van der Waals surface area contributed by atoms with Crippen LogP contribution in [0, 0.1) is 17.2 Å². The van der Waals surface area contributed by atoms with Crippen LogP contribution in [0.2, 0.25) is 0 Å². The van der Waals surface area contributed by atoms with E-state index < -0.39 is 6.10 Å². The van der Waals surface area contributed by atoms with Gasteiger partial charge in [-0.1, -0.05) is 18.6 Å². The molecule has 1 atom stereocenters. The Morgan fingerprint density at radius 1 is 1.32 bits per heavy atom. The molecule has 25 heavy (non-hydrogen) atoms. The first kappa shape index (κ1) is 18.3. The van der Waals surface area contributed by atoms with Crippen molar-refractivity contribution in [3.8, 4) is 0 Å². The van der Waals surface area contributed by atoms with Crippen molar-refractivity contribution in [3.63, 3.8) is 0 Å². The molecule has 2 fully saturated rings. The average Bonchev–Trinajstić information content (AvgIpc) is 2.61. The molecule has 1 heterocycles. The van der Waals surface area contributed by atoms with Crippen molar-refractivity contribution in [2.75, 3.05) is 26.8 Å². The van der Waals surface area contributed by atoms with Gasteiger partial charge in [0.15, 0.2) is 0 Å². The van der Waals surface area contributed by atoms with Gasteiger partial charge in [0.1, 0.15) is 5.82 Å². The lowest BCUT2D eigenvalue weighted by atomic mass is 9.65. The number of aliphatic hydroxyl groups is 1. The predicted octanol–water partition coefficient (Wildman–Crippen LogP) is 3.30. The van der Waals surface area contributed by atoms with Gasteiger partial charge < -0.3 is 14.7 Å². The molecule has 0 aromatic heterocycles. The number of rotatable bonds is 6. The number of piperidine rings is 1. The van der Waals surface area contributed by atoms with Crippen LogP contribution >= 0.6 is 0 Å². The minimum atomic E-state index is -0.594. The molecule has 1 aromatic rings. The monoisotopic (exact) mass is 349 g/mol. The molecule has 0 bridgehead atoms. The fraction of sp³-hybridized carbons (Fsp3) is 0.650. The molecule has 1 saturated heterocycles. The van der Waals surface area contributed by atoms with Crippen molar-refractivity contribution < 1.29 is 19.0 Å². The number of amides is 1. The number of carbonyl (C=O) groups excluding carboxylic acids is 1. The lowest BCUT2D eigenvalue weighted by Gasteiger charge is -2.45. The van der Waals surface area contributed by atoms with Crippen LogP contribution in [0.4, 0.5) is 4.39 Å². The standard InChI is InChI=1S/C20H28FNO3/c1-25-14-11-20(9-2-10-20)19(24)22-12-7-16(8-13-22)18(23)15-3-5-17(21)6-4-15/h3-6,16,18,23H,2,7-14H2,1H3. The Morgan fingerprint density at radius 3 is 2.48 bits per heavy atom. The number of aliphatic hydroxyl groups excluding tert-OH is 1. The predicted molar refractivity (Wildman–Crippen MR) is 93.4 cm³/mol. The van der Waals surface area contributed by atoms with E-state index in [1.54, 1.807) is 19.2 Å². The van der Waals surface area contributed by atoms with Crippen molar-refractivity contribution in [1.82, 2.24) is 4.90 Å². The molecule has 1 saturated carbocycles. The second kappa shape index (κ2) is 7.83. The topological polar surface area (TPSA) is 49.8 Å². The number of halogens is 1.